The van der Waals surface area contributed by atoms with E-state index in [1.807, 2.05) is 36.4 Å². The van der Waals surface area contributed by atoms with Crippen molar-refractivity contribution in [1.82, 2.24) is 4.90 Å². The van der Waals surface area contributed by atoms with E-state index in [0.29, 0.717) is 19.5 Å². The smallest absolute Gasteiger partial charge is 0.410 e. The number of carbonyl (C=O) groups excluding carboxylic acids is 1. The maximum Gasteiger partial charge on any atom is 0.410 e. The third-order valence-corrected chi connectivity index (χ3v) is 3.39. The number of hydrogen-bond acceptors (Lipinski definition) is 3. The quantitative estimate of drug-likeness (QED) is 0.792. The van der Waals surface area contributed by atoms with Crippen LogP contribution in [0, 0.1) is 0 Å². The van der Waals surface area contributed by atoms with Gasteiger partial charge in [0.25, 0.3) is 0 Å². The van der Waals surface area contributed by atoms with Crippen molar-refractivity contribution in [2.24, 2.45) is 0 Å². The van der Waals surface area contributed by atoms with Crippen molar-refractivity contribution in [3.8, 4) is 5.75 Å². The molecule has 0 unspecified atom stereocenters. The summed E-state index contributed by atoms with van der Waals surface area (Å²) in [6.45, 7) is 4.86. The van der Waals surface area contributed by atoms with E-state index in [2.05, 4.69) is 6.58 Å². The lowest BCUT2D eigenvalue weighted by molar-refractivity contribution is 0.100. The maximum absolute atomic E-state index is 12.2. The summed E-state index contributed by atoms with van der Waals surface area (Å²) in [5.41, 5.74) is 1.92. The molecule has 2 aromatic rings. The highest BCUT2D eigenvalue weighted by molar-refractivity contribution is 5.67. The summed E-state index contributed by atoms with van der Waals surface area (Å²) < 4.78 is 5.34. The van der Waals surface area contributed by atoms with Gasteiger partial charge in [0.1, 0.15) is 12.4 Å². The van der Waals surface area contributed by atoms with E-state index in [1.165, 1.54) is 0 Å². The van der Waals surface area contributed by atoms with Crippen LogP contribution >= 0.6 is 0 Å². The molecule has 0 aliphatic rings. The molecule has 4 nitrogen and oxygen atoms in total. The molecule has 0 fully saturated rings. The fourth-order valence-corrected chi connectivity index (χ4v) is 2.20. The number of nitrogens with zero attached hydrogens (tertiary/aromatic N) is 1. The molecule has 1 N–H and O–H groups in total. The van der Waals surface area contributed by atoms with Crippen molar-refractivity contribution in [2.45, 2.75) is 13.0 Å². The second-order valence-electron chi connectivity index (χ2n) is 5.19. The number of phenols is 1. The summed E-state index contributed by atoms with van der Waals surface area (Å²) in [5.74, 6) is 0.226. The van der Waals surface area contributed by atoms with Crippen LogP contribution in [-0.2, 0) is 17.8 Å². The van der Waals surface area contributed by atoms with Crippen molar-refractivity contribution in [3.63, 3.8) is 0 Å². The third kappa shape index (κ3) is 5.51. The van der Waals surface area contributed by atoms with Gasteiger partial charge in [0.2, 0.25) is 0 Å². The van der Waals surface area contributed by atoms with Crippen LogP contribution in [0.15, 0.2) is 67.3 Å². The number of benzene rings is 2. The van der Waals surface area contributed by atoms with E-state index in [-0.39, 0.29) is 18.4 Å². The molecule has 0 heterocycles. The average Bonchev–Trinajstić information content (AvgIpc) is 2.57. The Morgan fingerprint density at radius 3 is 2.57 bits per heavy atom. The van der Waals surface area contributed by atoms with Gasteiger partial charge in [0, 0.05) is 13.1 Å². The predicted molar refractivity (Wildman–Crippen MR) is 90.2 cm³/mol. The number of rotatable bonds is 7. The highest BCUT2D eigenvalue weighted by Gasteiger charge is 2.13. The lowest BCUT2D eigenvalue weighted by Gasteiger charge is -2.20. The van der Waals surface area contributed by atoms with Crippen LogP contribution in [0.2, 0.25) is 0 Å². The van der Waals surface area contributed by atoms with Crippen molar-refractivity contribution < 1.29 is 14.6 Å². The van der Waals surface area contributed by atoms with E-state index in [4.69, 9.17) is 4.74 Å². The summed E-state index contributed by atoms with van der Waals surface area (Å²) >= 11 is 0. The lowest BCUT2D eigenvalue weighted by atomic mass is 10.1. The third-order valence-electron chi connectivity index (χ3n) is 3.39. The minimum Gasteiger partial charge on any atom is -0.508 e. The first kappa shape index (κ1) is 16.6. The van der Waals surface area contributed by atoms with Crippen molar-refractivity contribution >= 4 is 6.09 Å². The first-order valence-corrected chi connectivity index (χ1v) is 7.53. The van der Waals surface area contributed by atoms with Gasteiger partial charge in [-0.2, -0.15) is 0 Å². The highest BCUT2D eigenvalue weighted by atomic mass is 16.6. The molecule has 1 amide bonds. The van der Waals surface area contributed by atoms with Gasteiger partial charge in [0.05, 0.1) is 0 Å². The van der Waals surface area contributed by atoms with Crippen LogP contribution in [0.5, 0.6) is 5.75 Å². The Balaban J connectivity index is 1.89. The molecule has 0 spiro atoms. The predicted octanol–water partition coefficient (Wildman–Crippen LogP) is 3.76. The minimum atomic E-state index is -0.367. The second-order valence-corrected chi connectivity index (χ2v) is 5.19. The summed E-state index contributed by atoms with van der Waals surface area (Å²) in [6.07, 6.45) is 1.95. The Bertz CT molecular complexity index is 640. The van der Waals surface area contributed by atoms with E-state index < -0.39 is 0 Å². The van der Waals surface area contributed by atoms with Crippen LogP contribution in [0.25, 0.3) is 0 Å². The summed E-state index contributed by atoms with van der Waals surface area (Å²) in [6, 6.07) is 16.6. The van der Waals surface area contributed by atoms with Gasteiger partial charge in [-0.25, -0.2) is 4.79 Å². The fraction of sp³-hybridized carbons (Fsp3) is 0.211. The van der Waals surface area contributed by atoms with Crippen molar-refractivity contribution in [2.75, 3.05) is 13.1 Å². The minimum absolute atomic E-state index is 0.226. The Morgan fingerprint density at radius 2 is 1.87 bits per heavy atom. The molecular formula is C19H21NO3. The fourth-order valence-electron chi connectivity index (χ4n) is 2.20. The van der Waals surface area contributed by atoms with E-state index >= 15 is 0 Å². The molecule has 4 heteroatoms. The zero-order chi connectivity index (χ0) is 16.5. The monoisotopic (exact) mass is 311 g/mol. The number of phenolic OH excluding ortho intramolecular Hbond substituents is 1. The zero-order valence-electron chi connectivity index (χ0n) is 13.0. The molecule has 2 rings (SSSR count). The molecule has 23 heavy (non-hydrogen) atoms. The van der Waals surface area contributed by atoms with Gasteiger partial charge in [-0.3, -0.25) is 0 Å². The Hall–Kier alpha value is -2.75. The first-order valence-electron chi connectivity index (χ1n) is 7.53. The molecule has 0 aliphatic heterocycles. The average molecular weight is 311 g/mol. The standard InChI is InChI=1S/C19H21NO3/c1-2-12-20(13-11-16-9-6-10-18(21)14-16)19(22)23-15-17-7-4-3-5-8-17/h2-10,14,21H,1,11-13,15H2. The highest BCUT2D eigenvalue weighted by Crippen LogP contribution is 2.12. The maximum atomic E-state index is 12.2. The molecular weight excluding hydrogens is 290 g/mol. The molecule has 0 saturated carbocycles. The summed E-state index contributed by atoms with van der Waals surface area (Å²) in [4.78, 5) is 13.8. The van der Waals surface area contributed by atoms with Crippen molar-refractivity contribution in [3.05, 3.63) is 78.4 Å². The van der Waals surface area contributed by atoms with Gasteiger partial charge < -0.3 is 14.7 Å². The van der Waals surface area contributed by atoms with Crippen LogP contribution in [-0.4, -0.2) is 29.2 Å². The number of hydrogen-bond donors (Lipinski definition) is 1. The molecule has 2 aromatic carbocycles. The van der Waals surface area contributed by atoms with Crippen LogP contribution in [0.3, 0.4) is 0 Å². The number of ether oxygens (including phenoxy) is 1. The molecule has 120 valence electrons. The number of amides is 1. The SMILES string of the molecule is C=CCN(CCc1cccc(O)c1)C(=O)OCc1ccccc1. The molecule has 0 aromatic heterocycles. The van der Waals surface area contributed by atoms with Crippen molar-refractivity contribution in [1.29, 1.82) is 0 Å². The number of carbonyl (C=O) groups is 1. The van der Waals surface area contributed by atoms with Crippen LogP contribution in [0.4, 0.5) is 4.79 Å². The molecule has 0 saturated heterocycles. The van der Waals surface area contributed by atoms with Crippen LogP contribution in [0.1, 0.15) is 11.1 Å². The van der Waals surface area contributed by atoms with Gasteiger partial charge in [-0.05, 0) is 29.7 Å². The summed E-state index contributed by atoms with van der Waals surface area (Å²) in [5, 5.41) is 9.48. The van der Waals surface area contributed by atoms with Gasteiger partial charge in [-0.15, -0.1) is 6.58 Å². The Morgan fingerprint density at radius 1 is 1.13 bits per heavy atom. The van der Waals surface area contributed by atoms with Gasteiger partial charge in [-0.1, -0.05) is 48.5 Å². The largest absolute Gasteiger partial charge is 0.508 e. The van der Waals surface area contributed by atoms with Gasteiger partial charge >= 0.3 is 6.09 Å². The summed E-state index contributed by atoms with van der Waals surface area (Å²) in [7, 11) is 0. The molecule has 0 bridgehead atoms. The molecule has 0 aliphatic carbocycles. The normalized spacial score (nSPS) is 10.1. The van der Waals surface area contributed by atoms with Gasteiger partial charge in [0.15, 0.2) is 0 Å². The zero-order valence-corrected chi connectivity index (χ0v) is 13.0. The molecule has 0 radical (unpaired) electrons. The van der Waals surface area contributed by atoms with E-state index in [1.54, 1.807) is 29.2 Å². The Labute approximate surface area is 136 Å². The lowest BCUT2D eigenvalue weighted by Crippen LogP contribution is -2.33. The second kappa shape index (κ2) is 8.63. The van der Waals surface area contributed by atoms with E-state index in [9.17, 15) is 9.90 Å². The molecule has 0 atom stereocenters. The number of aromatic hydroxyl groups is 1. The van der Waals surface area contributed by atoms with E-state index in [0.717, 1.165) is 11.1 Å². The topological polar surface area (TPSA) is 49.8 Å². The Kier molecular flexibility index (Phi) is 6.24. The first-order chi connectivity index (χ1) is 11.2. The van der Waals surface area contributed by atoms with Crippen LogP contribution < -0.4 is 0 Å².